The Balaban J connectivity index is 2.58. The Morgan fingerprint density at radius 3 is 2.80 bits per heavy atom. The van der Waals surface area contributed by atoms with Gasteiger partial charge in [0, 0.05) is 18.7 Å². The molecule has 0 amide bonds. The van der Waals surface area contributed by atoms with Crippen molar-refractivity contribution in [3.63, 3.8) is 0 Å². The summed E-state index contributed by atoms with van der Waals surface area (Å²) >= 11 is 5.15. The summed E-state index contributed by atoms with van der Waals surface area (Å²) in [4.78, 5) is 0. The molecule has 0 aliphatic heterocycles. The van der Waals surface area contributed by atoms with E-state index in [1.165, 1.54) is 0 Å². The van der Waals surface area contributed by atoms with Gasteiger partial charge in [0.05, 0.1) is 19.4 Å². The van der Waals surface area contributed by atoms with E-state index in [0.29, 0.717) is 11.7 Å². The maximum absolute atomic E-state index is 5.18. The van der Waals surface area contributed by atoms with Gasteiger partial charge >= 0.3 is 0 Å². The van der Waals surface area contributed by atoms with E-state index in [4.69, 9.17) is 21.7 Å². The van der Waals surface area contributed by atoms with Gasteiger partial charge in [0.2, 0.25) is 0 Å². The van der Waals surface area contributed by atoms with Gasteiger partial charge in [-0.1, -0.05) is 12.1 Å². The van der Waals surface area contributed by atoms with Gasteiger partial charge in [-0.05, 0) is 38.2 Å². The van der Waals surface area contributed by atoms with Gasteiger partial charge in [-0.15, -0.1) is 0 Å². The molecule has 0 aromatic heterocycles. The zero-order valence-corrected chi connectivity index (χ0v) is 13.1. The molecule has 0 bridgehead atoms. The fourth-order valence-electron chi connectivity index (χ4n) is 1.60. The number of benzene rings is 1. The molecule has 2 N–H and O–H groups in total. The van der Waals surface area contributed by atoms with Gasteiger partial charge in [-0.25, -0.2) is 0 Å². The second-order valence-corrected chi connectivity index (χ2v) is 4.78. The fourth-order valence-corrected chi connectivity index (χ4v) is 1.84. The molecule has 20 heavy (non-hydrogen) atoms. The minimum absolute atomic E-state index is 0.132. The Bertz CT molecular complexity index is 477. The molecule has 0 spiro atoms. The van der Waals surface area contributed by atoms with Crippen molar-refractivity contribution in [3.8, 4) is 5.75 Å². The topological polar surface area (TPSA) is 54.9 Å². The monoisotopic (exact) mass is 295 g/mol. The van der Waals surface area contributed by atoms with E-state index >= 15 is 0 Å². The van der Waals surface area contributed by atoms with Crippen LogP contribution in [-0.2, 0) is 4.74 Å². The number of methoxy groups -OCH3 is 2. The third-order valence-corrected chi connectivity index (χ3v) is 2.82. The molecule has 0 heterocycles. The molecular formula is C14H21N3O2S. The van der Waals surface area contributed by atoms with Crippen molar-refractivity contribution in [3.05, 3.63) is 29.8 Å². The average molecular weight is 295 g/mol. The summed E-state index contributed by atoms with van der Waals surface area (Å²) in [7, 11) is 3.29. The van der Waals surface area contributed by atoms with Crippen molar-refractivity contribution < 1.29 is 9.47 Å². The molecule has 0 radical (unpaired) electrons. The van der Waals surface area contributed by atoms with Crippen LogP contribution in [0.4, 0.5) is 0 Å². The maximum Gasteiger partial charge on any atom is 0.187 e. The summed E-state index contributed by atoms with van der Waals surface area (Å²) in [6.07, 6.45) is 0. The fraction of sp³-hybridized carbons (Fsp3) is 0.429. The van der Waals surface area contributed by atoms with E-state index in [2.05, 4.69) is 15.8 Å². The highest BCUT2D eigenvalue weighted by molar-refractivity contribution is 7.80. The van der Waals surface area contributed by atoms with Crippen LogP contribution in [0.1, 0.15) is 19.4 Å². The Kier molecular flexibility index (Phi) is 6.97. The molecule has 0 unspecified atom stereocenters. The number of thiocarbonyl (C=S) groups is 1. The second kappa shape index (κ2) is 8.50. The number of hydrogen-bond donors (Lipinski definition) is 2. The predicted molar refractivity (Wildman–Crippen MR) is 85.4 cm³/mol. The molecule has 0 fully saturated rings. The first-order valence-electron chi connectivity index (χ1n) is 6.31. The molecule has 5 nitrogen and oxygen atoms in total. The molecule has 110 valence electrons. The van der Waals surface area contributed by atoms with Crippen molar-refractivity contribution in [2.45, 2.75) is 19.9 Å². The predicted octanol–water partition coefficient (Wildman–Crippen LogP) is 1.92. The summed E-state index contributed by atoms with van der Waals surface area (Å²) in [6, 6.07) is 7.83. The van der Waals surface area contributed by atoms with Gasteiger partial charge < -0.3 is 14.8 Å². The SMILES string of the molecule is COC[C@@H](C)NC(=S)N/N=C(/C)c1cccc(OC)c1. The minimum atomic E-state index is 0.132. The van der Waals surface area contributed by atoms with Crippen molar-refractivity contribution >= 4 is 23.0 Å². The number of hydrogen-bond acceptors (Lipinski definition) is 4. The summed E-state index contributed by atoms with van der Waals surface area (Å²) < 4.78 is 10.2. The third-order valence-electron chi connectivity index (χ3n) is 2.61. The van der Waals surface area contributed by atoms with Crippen LogP contribution < -0.4 is 15.5 Å². The summed E-state index contributed by atoms with van der Waals surface area (Å²) in [5.41, 5.74) is 4.62. The molecule has 0 saturated carbocycles. The van der Waals surface area contributed by atoms with Crippen LogP contribution in [0.2, 0.25) is 0 Å². The Hall–Kier alpha value is -1.66. The van der Waals surface area contributed by atoms with E-state index < -0.39 is 0 Å². The van der Waals surface area contributed by atoms with Crippen molar-refractivity contribution in [2.24, 2.45) is 5.10 Å². The highest BCUT2D eigenvalue weighted by atomic mass is 32.1. The minimum Gasteiger partial charge on any atom is -0.497 e. The lowest BCUT2D eigenvalue weighted by molar-refractivity contribution is 0.179. The number of ether oxygens (including phenoxy) is 2. The lowest BCUT2D eigenvalue weighted by atomic mass is 10.1. The quantitative estimate of drug-likeness (QED) is 0.477. The molecule has 1 atom stereocenters. The molecule has 1 rings (SSSR count). The van der Waals surface area contributed by atoms with Crippen LogP contribution in [0, 0.1) is 0 Å². The maximum atomic E-state index is 5.18. The first kappa shape index (κ1) is 16.4. The van der Waals surface area contributed by atoms with Crippen molar-refractivity contribution in [1.29, 1.82) is 0 Å². The average Bonchev–Trinajstić information content (AvgIpc) is 2.45. The van der Waals surface area contributed by atoms with Crippen LogP contribution in [0.3, 0.4) is 0 Å². The number of rotatable bonds is 6. The summed E-state index contributed by atoms with van der Waals surface area (Å²) in [5, 5.41) is 7.79. The van der Waals surface area contributed by atoms with E-state index in [9.17, 15) is 0 Å². The summed E-state index contributed by atoms with van der Waals surface area (Å²) in [5.74, 6) is 0.798. The molecule has 0 saturated heterocycles. The number of hydrazone groups is 1. The molecule has 6 heteroatoms. The van der Waals surface area contributed by atoms with Crippen LogP contribution >= 0.6 is 12.2 Å². The van der Waals surface area contributed by atoms with Gasteiger partial charge in [0.25, 0.3) is 0 Å². The number of nitrogens with one attached hydrogen (secondary N) is 2. The van der Waals surface area contributed by atoms with E-state index in [0.717, 1.165) is 17.0 Å². The van der Waals surface area contributed by atoms with Gasteiger partial charge in [-0.2, -0.15) is 5.10 Å². The number of nitrogens with zero attached hydrogens (tertiary/aromatic N) is 1. The van der Waals surface area contributed by atoms with Crippen molar-refractivity contribution in [1.82, 2.24) is 10.7 Å². The largest absolute Gasteiger partial charge is 0.497 e. The van der Waals surface area contributed by atoms with Crippen LogP contribution in [0.15, 0.2) is 29.4 Å². The summed E-state index contributed by atoms with van der Waals surface area (Å²) in [6.45, 7) is 4.47. The van der Waals surface area contributed by atoms with Crippen LogP contribution in [-0.4, -0.2) is 37.7 Å². The lowest BCUT2D eigenvalue weighted by Gasteiger charge is -2.14. The van der Waals surface area contributed by atoms with Crippen molar-refractivity contribution in [2.75, 3.05) is 20.8 Å². The Labute approximate surface area is 125 Å². The highest BCUT2D eigenvalue weighted by Gasteiger charge is 2.03. The first-order valence-corrected chi connectivity index (χ1v) is 6.71. The van der Waals surface area contributed by atoms with Crippen LogP contribution in [0.25, 0.3) is 0 Å². The second-order valence-electron chi connectivity index (χ2n) is 4.37. The molecule has 1 aromatic carbocycles. The molecular weight excluding hydrogens is 274 g/mol. The Morgan fingerprint density at radius 2 is 2.15 bits per heavy atom. The zero-order valence-electron chi connectivity index (χ0n) is 12.3. The van der Waals surface area contributed by atoms with E-state index in [1.54, 1.807) is 14.2 Å². The lowest BCUT2D eigenvalue weighted by Crippen LogP contribution is -2.40. The third kappa shape index (κ3) is 5.54. The molecule has 0 aliphatic carbocycles. The Morgan fingerprint density at radius 1 is 1.40 bits per heavy atom. The smallest absolute Gasteiger partial charge is 0.187 e. The van der Waals surface area contributed by atoms with E-state index in [1.807, 2.05) is 38.1 Å². The first-order chi connectivity index (χ1) is 9.56. The van der Waals surface area contributed by atoms with Crippen LogP contribution in [0.5, 0.6) is 5.75 Å². The van der Waals surface area contributed by atoms with Gasteiger partial charge in [0.1, 0.15) is 5.75 Å². The van der Waals surface area contributed by atoms with E-state index in [-0.39, 0.29) is 6.04 Å². The molecule has 0 aliphatic rings. The highest BCUT2D eigenvalue weighted by Crippen LogP contribution is 2.12. The standard InChI is InChI=1S/C14H21N3O2S/c1-10(9-18-3)15-14(20)17-16-11(2)12-6-5-7-13(8-12)19-4/h5-8,10H,9H2,1-4H3,(H2,15,17,20)/b16-11-/t10-/m1/s1. The molecule has 1 aromatic rings. The normalized spacial score (nSPS) is 12.7. The van der Waals surface area contributed by atoms with Gasteiger partial charge in [-0.3, -0.25) is 5.43 Å². The zero-order chi connectivity index (χ0) is 15.0. The van der Waals surface area contributed by atoms with Gasteiger partial charge in [0.15, 0.2) is 5.11 Å².